The van der Waals surface area contributed by atoms with Gasteiger partial charge in [-0.3, -0.25) is 4.90 Å². The second-order valence-corrected chi connectivity index (χ2v) is 4.70. The zero-order valence-electron chi connectivity index (χ0n) is 8.51. The van der Waals surface area contributed by atoms with E-state index in [2.05, 4.69) is 25.7 Å². The van der Waals surface area contributed by atoms with Crippen molar-refractivity contribution in [2.24, 2.45) is 0 Å². The van der Waals surface area contributed by atoms with Crippen molar-refractivity contribution in [3.8, 4) is 0 Å². The van der Waals surface area contributed by atoms with Crippen molar-refractivity contribution in [3.05, 3.63) is 0 Å². The fourth-order valence-electron chi connectivity index (χ4n) is 2.07. The molecule has 2 nitrogen and oxygen atoms in total. The lowest BCUT2D eigenvalue weighted by Crippen LogP contribution is -2.52. The zero-order chi connectivity index (χ0) is 9.19. The van der Waals surface area contributed by atoms with E-state index < -0.39 is 0 Å². The number of hydrogen-bond acceptors (Lipinski definition) is 2. The lowest BCUT2D eigenvalue weighted by molar-refractivity contribution is 0.0203. The van der Waals surface area contributed by atoms with E-state index >= 15 is 0 Å². The van der Waals surface area contributed by atoms with Gasteiger partial charge in [0.2, 0.25) is 0 Å². The third kappa shape index (κ3) is 2.20. The summed E-state index contributed by atoms with van der Waals surface area (Å²) < 4.78 is 0. The Morgan fingerprint density at radius 3 is 2.42 bits per heavy atom. The highest BCUT2D eigenvalue weighted by Crippen LogP contribution is 2.24. The van der Waals surface area contributed by atoms with Gasteiger partial charge in [0.1, 0.15) is 0 Å². The minimum atomic E-state index is 0.216. The second-order valence-electron chi connectivity index (χ2n) is 4.70. The Morgan fingerprint density at radius 2 is 2.00 bits per heavy atom. The highest BCUT2D eigenvalue weighted by molar-refractivity contribution is 4.85. The van der Waals surface area contributed by atoms with Gasteiger partial charge in [-0.2, -0.15) is 0 Å². The smallest absolute Gasteiger partial charge is 0.0587 e. The van der Waals surface area contributed by atoms with Crippen LogP contribution in [0.3, 0.4) is 0 Å². The van der Waals surface area contributed by atoms with Gasteiger partial charge in [0.15, 0.2) is 0 Å². The summed E-state index contributed by atoms with van der Waals surface area (Å²) in [7, 11) is 0. The van der Waals surface area contributed by atoms with Crippen LogP contribution in [0.5, 0.6) is 0 Å². The van der Waals surface area contributed by atoms with Crippen molar-refractivity contribution >= 4 is 0 Å². The van der Waals surface area contributed by atoms with Crippen molar-refractivity contribution in [1.29, 1.82) is 0 Å². The molecule has 1 aliphatic rings. The molecule has 1 heterocycles. The summed E-state index contributed by atoms with van der Waals surface area (Å²) in [4.78, 5) is 2.43. The molecule has 0 aromatic carbocycles. The van der Waals surface area contributed by atoms with Gasteiger partial charge in [0, 0.05) is 11.6 Å². The Labute approximate surface area is 75.6 Å². The Kier molecular flexibility index (Phi) is 3.13. The van der Waals surface area contributed by atoms with Crippen molar-refractivity contribution in [2.45, 2.75) is 51.6 Å². The maximum Gasteiger partial charge on any atom is 0.0587 e. The van der Waals surface area contributed by atoms with Crippen molar-refractivity contribution in [3.63, 3.8) is 0 Å². The van der Waals surface area contributed by atoms with Crippen LogP contribution in [-0.2, 0) is 0 Å². The molecule has 0 bridgehead atoms. The summed E-state index contributed by atoms with van der Waals surface area (Å²) in [5, 5.41) is 9.18. The van der Waals surface area contributed by atoms with Crippen LogP contribution in [0.25, 0.3) is 0 Å². The van der Waals surface area contributed by atoms with Crippen LogP contribution < -0.4 is 0 Å². The van der Waals surface area contributed by atoms with Gasteiger partial charge in [0.05, 0.1) is 6.61 Å². The summed E-state index contributed by atoms with van der Waals surface area (Å²) in [6.45, 7) is 8.13. The number of rotatable bonds is 1. The van der Waals surface area contributed by atoms with Gasteiger partial charge in [-0.05, 0) is 40.2 Å². The molecule has 0 saturated carbocycles. The standard InChI is InChI=1S/C10H21NO/c1-10(2,3)11-7-5-4-6-9(11)8-12/h9,12H,4-8H2,1-3H3/t9-/m1/s1. The predicted molar refractivity (Wildman–Crippen MR) is 51.2 cm³/mol. The molecule has 0 amide bonds. The number of piperidine rings is 1. The van der Waals surface area contributed by atoms with Gasteiger partial charge in [0.25, 0.3) is 0 Å². The van der Waals surface area contributed by atoms with Gasteiger partial charge in [-0.1, -0.05) is 6.42 Å². The van der Waals surface area contributed by atoms with Gasteiger partial charge in [-0.25, -0.2) is 0 Å². The Morgan fingerprint density at radius 1 is 1.33 bits per heavy atom. The van der Waals surface area contributed by atoms with Crippen LogP contribution in [-0.4, -0.2) is 34.7 Å². The first-order valence-corrected chi connectivity index (χ1v) is 4.93. The summed E-state index contributed by atoms with van der Waals surface area (Å²) in [6, 6.07) is 0.402. The first-order chi connectivity index (χ1) is 5.55. The quantitative estimate of drug-likeness (QED) is 0.648. The predicted octanol–water partition coefficient (Wildman–Crippen LogP) is 1.63. The first kappa shape index (κ1) is 10.0. The maximum atomic E-state index is 9.18. The number of hydrogen-bond donors (Lipinski definition) is 1. The third-order valence-electron chi connectivity index (χ3n) is 2.70. The molecule has 2 heteroatoms. The van der Waals surface area contributed by atoms with Crippen LogP contribution in [0.2, 0.25) is 0 Å². The fourth-order valence-corrected chi connectivity index (χ4v) is 2.07. The van der Waals surface area contributed by atoms with Crippen LogP contribution in [0.1, 0.15) is 40.0 Å². The molecular weight excluding hydrogens is 150 g/mol. The normalized spacial score (nSPS) is 27.5. The molecule has 1 atom stereocenters. The van der Waals surface area contributed by atoms with Crippen LogP contribution in [0, 0.1) is 0 Å². The minimum Gasteiger partial charge on any atom is -0.395 e. The van der Waals surface area contributed by atoms with E-state index in [1.165, 1.54) is 12.8 Å². The molecule has 72 valence electrons. The number of aliphatic hydroxyl groups excluding tert-OH is 1. The lowest BCUT2D eigenvalue weighted by atomic mass is 9.95. The molecule has 0 radical (unpaired) electrons. The maximum absolute atomic E-state index is 9.18. The van der Waals surface area contributed by atoms with Crippen molar-refractivity contribution in [1.82, 2.24) is 4.90 Å². The average molecular weight is 171 g/mol. The van der Waals surface area contributed by atoms with Crippen LogP contribution in [0.4, 0.5) is 0 Å². The van der Waals surface area contributed by atoms with E-state index in [0.29, 0.717) is 12.6 Å². The molecule has 1 N–H and O–H groups in total. The monoisotopic (exact) mass is 171 g/mol. The summed E-state index contributed by atoms with van der Waals surface area (Å²) in [6.07, 6.45) is 3.72. The molecule has 12 heavy (non-hydrogen) atoms. The molecule has 0 aromatic rings. The highest BCUT2D eigenvalue weighted by Gasteiger charge is 2.30. The van der Waals surface area contributed by atoms with E-state index in [-0.39, 0.29) is 5.54 Å². The van der Waals surface area contributed by atoms with E-state index in [1.54, 1.807) is 0 Å². The summed E-state index contributed by atoms with van der Waals surface area (Å²) in [5.41, 5.74) is 0.216. The molecule has 0 aliphatic carbocycles. The SMILES string of the molecule is CC(C)(C)N1CCCC[C@@H]1CO. The minimum absolute atomic E-state index is 0.216. The van der Waals surface area contributed by atoms with E-state index in [9.17, 15) is 5.11 Å². The zero-order valence-corrected chi connectivity index (χ0v) is 8.51. The van der Waals surface area contributed by atoms with Crippen molar-refractivity contribution < 1.29 is 5.11 Å². The Balaban J connectivity index is 2.59. The van der Waals surface area contributed by atoms with Crippen molar-refractivity contribution in [2.75, 3.05) is 13.2 Å². The molecule has 0 spiro atoms. The molecule has 0 aromatic heterocycles. The van der Waals surface area contributed by atoms with E-state index in [4.69, 9.17) is 0 Å². The third-order valence-corrected chi connectivity index (χ3v) is 2.70. The van der Waals surface area contributed by atoms with Gasteiger partial charge in [-0.15, -0.1) is 0 Å². The van der Waals surface area contributed by atoms with Crippen LogP contribution >= 0.6 is 0 Å². The molecule has 1 saturated heterocycles. The first-order valence-electron chi connectivity index (χ1n) is 4.93. The topological polar surface area (TPSA) is 23.5 Å². The molecule has 1 fully saturated rings. The Hall–Kier alpha value is -0.0800. The average Bonchev–Trinajstić information content (AvgIpc) is 2.03. The number of nitrogens with zero attached hydrogens (tertiary/aromatic N) is 1. The number of likely N-dealkylation sites (tertiary alicyclic amines) is 1. The second kappa shape index (κ2) is 3.75. The summed E-state index contributed by atoms with van der Waals surface area (Å²) >= 11 is 0. The highest BCUT2D eigenvalue weighted by atomic mass is 16.3. The van der Waals surface area contributed by atoms with Gasteiger partial charge >= 0.3 is 0 Å². The molecular formula is C10H21NO. The Bertz CT molecular complexity index is 139. The molecule has 1 aliphatic heterocycles. The largest absolute Gasteiger partial charge is 0.395 e. The van der Waals surface area contributed by atoms with Gasteiger partial charge < -0.3 is 5.11 Å². The summed E-state index contributed by atoms with van der Waals surface area (Å²) in [5.74, 6) is 0. The van der Waals surface area contributed by atoms with Crippen LogP contribution in [0.15, 0.2) is 0 Å². The van der Waals surface area contributed by atoms with E-state index in [0.717, 1.165) is 13.0 Å². The lowest BCUT2D eigenvalue weighted by Gasteiger charge is -2.43. The molecule has 0 unspecified atom stereocenters. The van der Waals surface area contributed by atoms with E-state index in [1.807, 2.05) is 0 Å². The number of aliphatic hydroxyl groups is 1. The molecule has 1 rings (SSSR count). The fraction of sp³-hybridized carbons (Fsp3) is 1.00.